The van der Waals surface area contributed by atoms with Gasteiger partial charge in [-0.05, 0) is 85.9 Å². The normalized spacial score (nSPS) is 20.4. The molecule has 4 heterocycles. The summed E-state index contributed by atoms with van der Waals surface area (Å²) in [4.78, 5) is 69.7. The van der Waals surface area contributed by atoms with Crippen LogP contribution in [-0.4, -0.2) is 75.6 Å². The number of carbonyl (C=O) groups excluding carboxylic acids is 4. The summed E-state index contributed by atoms with van der Waals surface area (Å²) in [6.45, 7) is 3.11. The highest BCUT2D eigenvalue weighted by molar-refractivity contribution is 5.98. The van der Waals surface area contributed by atoms with Crippen LogP contribution in [0.1, 0.15) is 108 Å². The van der Waals surface area contributed by atoms with Crippen LogP contribution < -0.4 is 15.6 Å². The number of ether oxygens (including phenoxy) is 2. The molecule has 3 unspecified atom stereocenters. The van der Waals surface area contributed by atoms with Crippen molar-refractivity contribution in [3.8, 4) is 17.2 Å². The van der Waals surface area contributed by atoms with Gasteiger partial charge in [0.25, 0.3) is 5.56 Å². The van der Waals surface area contributed by atoms with Gasteiger partial charge >= 0.3 is 5.97 Å². The number of piperidine rings is 1. The van der Waals surface area contributed by atoms with E-state index < -0.39 is 35.7 Å². The highest BCUT2D eigenvalue weighted by Crippen LogP contribution is 2.44. The Hall–Kier alpha value is -6.17. The molecule has 7 rings (SSSR count). The molecular formula is C48H53N3O9. The topological polar surface area (TPSA) is 164 Å². The third-order valence-corrected chi connectivity index (χ3v) is 12.0. The van der Waals surface area contributed by atoms with Gasteiger partial charge in [0.1, 0.15) is 34.6 Å². The number of pyridine rings is 1. The van der Waals surface area contributed by atoms with Crippen LogP contribution in [-0.2, 0) is 32.1 Å². The second-order valence-corrected chi connectivity index (χ2v) is 16.3. The average Bonchev–Trinajstić information content (AvgIpc) is 3.23. The number of benzene rings is 3. The minimum atomic E-state index is -0.980. The molecule has 0 saturated carbocycles. The zero-order valence-electron chi connectivity index (χ0n) is 34.2. The van der Waals surface area contributed by atoms with E-state index in [9.17, 15) is 34.2 Å². The van der Waals surface area contributed by atoms with Gasteiger partial charge in [0, 0.05) is 74.5 Å². The molecular weight excluding hydrogens is 763 g/mol. The first-order valence-electron chi connectivity index (χ1n) is 20.9. The third-order valence-electron chi connectivity index (χ3n) is 12.0. The number of fused-ring (bicyclic) bond motifs is 5. The van der Waals surface area contributed by atoms with Crippen molar-refractivity contribution in [3.63, 3.8) is 0 Å². The molecule has 12 nitrogen and oxygen atoms in total. The first-order chi connectivity index (χ1) is 29.0. The van der Waals surface area contributed by atoms with Gasteiger partial charge in [-0.1, -0.05) is 60.7 Å². The lowest BCUT2D eigenvalue weighted by atomic mass is 9.82. The van der Waals surface area contributed by atoms with Crippen LogP contribution in [0.3, 0.4) is 0 Å². The van der Waals surface area contributed by atoms with Gasteiger partial charge in [-0.15, -0.1) is 0 Å². The van der Waals surface area contributed by atoms with Crippen molar-refractivity contribution in [2.75, 3.05) is 20.2 Å². The number of esters is 1. The van der Waals surface area contributed by atoms with E-state index >= 15 is 0 Å². The molecule has 4 aromatic rings. The van der Waals surface area contributed by atoms with Crippen LogP contribution in [0.5, 0.6) is 17.2 Å². The number of methoxy groups -OCH3 is 1. The highest BCUT2D eigenvalue weighted by Gasteiger charge is 2.39. The molecule has 1 aromatic heterocycles. The molecule has 3 aliphatic rings. The number of likely N-dealkylation sites (tertiary alicyclic amines) is 1. The van der Waals surface area contributed by atoms with Crippen LogP contribution in [0.25, 0.3) is 6.08 Å². The molecule has 3 aliphatic heterocycles. The van der Waals surface area contributed by atoms with Gasteiger partial charge in [0.15, 0.2) is 0 Å². The van der Waals surface area contributed by atoms with E-state index in [0.29, 0.717) is 69.5 Å². The summed E-state index contributed by atoms with van der Waals surface area (Å²) in [5.74, 6) is -2.60. The van der Waals surface area contributed by atoms with Gasteiger partial charge < -0.3 is 34.5 Å². The zero-order valence-corrected chi connectivity index (χ0v) is 34.2. The quantitative estimate of drug-likeness (QED) is 0.157. The summed E-state index contributed by atoms with van der Waals surface area (Å²) in [6.07, 6.45) is 6.65. The van der Waals surface area contributed by atoms with Crippen molar-refractivity contribution >= 4 is 29.6 Å². The Morgan fingerprint density at radius 1 is 0.933 bits per heavy atom. The average molecular weight is 816 g/mol. The van der Waals surface area contributed by atoms with E-state index in [1.165, 1.54) is 13.2 Å². The molecule has 0 radical (unpaired) electrons. The number of cyclic esters (lactones) is 1. The van der Waals surface area contributed by atoms with E-state index in [0.717, 1.165) is 17.7 Å². The summed E-state index contributed by atoms with van der Waals surface area (Å²) in [5.41, 5.74) is 2.31. The van der Waals surface area contributed by atoms with Crippen LogP contribution in [0, 0.1) is 5.92 Å². The minimum Gasteiger partial charge on any atom is -0.507 e. The summed E-state index contributed by atoms with van der Waals surface area (Å²) < 4.78 is 13.0. The lowest BCUT2D eigenvalue weighted by Gasteiger charge is -2.43. The Bertz CT molecular complexity index is 2300. The number of rotatable bonds is 9. The molecule has 60 heavy (non-hydrogen) atoms. The predicted octanol–water partition coefficient (Wildman–Crippen LogP) is 6.65. The highest BCUT2D eigenvalue weighted by atomic mass is 16.5. The maximum absolute atomic E-state index is 14.6. The van der Waals surface area contributed by atoms with Gasteiger partial charge in [-0.2, -0.15) is 0 Å². The molecule has 5 atom stereocenters. The summed E-state index contributed by atoms with van der Waals surface area (Å²) in [5, 5.41) is 26.8. The Balaban J connectivity index is 1.21. The third kappa shape index (κ3) is 9.65. The zero-order chi connectivity index (χ0) is 42.3. The van der Waals surface area contributed by atoms with E-state index in [2.05, 4.69) is 5.32 Å². The number of aromatic nitrogens is 1. The standard InChI is InChI=1S/C48H53N3O9/c1-30-11-9-16-36(52)15-8-4-7-14-34-25-41(53)45(46(56)44(34)48(58)60-30)38(33-19-21-37(59-2)22-20-33)26-42(54)49-39(24-31-12-5-3-6-13-31)47(57)50-27-32-23-35(29-50)40-17-10-18-43(55)51(40)28-32/h3,5-7,10,12-14,17-22,25,30,32,35,38-39,53,56H,4,8-9,11,15-16,23-24,26-29H2,1-2H3,(H,49,54)/t30-,32?,35?,38?,39-/m0/s1. The number of carbonyl (C=O) groups is 4. The first-order valence-corrected chi connectivity index (χ1v) is 20.9. The molecule has 3 aromatic carbocycles. The predicted molar refractivity (Wildman–Crippen MR) is 226 cm³/mol. The molecule has 2 bridgehead atoms. The number of phenolic OH excluding ortho intramolecular Hbond substituents is 2. The number of hydrogen-bond acceptors (Lipinski definition) is 9. The Kier molecular flexibility index (Phi) is 13.2. The lowest BCUT2D eigenvalue weighted by molar-refractivity contribution is -0.138. The smallest absolute Gasteiger partial charge is 0.342 e. The second-order valence-electron chi connectivity index (χ2n) is 16.3. The molecule has 1 saturated heterocycles. The fourth-order valence-corrected chi connectivity index (χ4v) is 9.03. The molecule has 0 spiro atoms. The lowest BCUT2D eigenvalue weighted by Crippen LogP contribution is -2.55. The van der Waals surface area contributed by atoms with Crippen molar-refractivity contribution in [3.05, 3.63) is 129 Å². The van der Waals surface area contributed by atoms with Crippen molar-refractivity contribution in [1.29, 1.82) is 0 Å². The summed E-state index contributed by atoms with van der Waals surface area (Å²) >= 11 is 0. The summed E-state index contributed by atoms with van der Waals surface area (Å²) in [7, 11) is 1.53. The number of allylic oxidation sites excluding steroid dienone is 1. The van der Waals surface area contributed by atoms with E-state index in [-0.39, 0.29) is 64.4 Å². The number of nitrogens with zero attached hydrogens (tertiary/aromatic N) is 2. The van der Waals surface area contributed by atoms with Crippen molar-refractivity contribution in [2.24, 2.45) is 5.92 Å². The van der Waals surface area contributed by atoms with Gasteiger partial charge in [0.05, 0.1) is 13.2 Å². The Morgan fingerprint density at radius 3 is 2.47 bits per heavy atom. The Morgan fingerprint density at radius 2 is 1.70 bits per heavy atom. The van der Waals surface area contributed by atoms with E-state index in [1.807, 2.05) is 41.0 Å². The molecule has 1 fully saturated rings. The SMILES string of the molecule is COc1ccc(C(CC(=O)N[C@@H](Cc2ccccc2)C(=O)N2CC3CC(C2)c2cccc(=O)n2C3)c2c(O)cc3c(c2O)C(=O)O[C@@H](C)CCCC(=O)CCCC=C3)cc1. The fourth-order valence-electron chi connectivity index (χ4n) is 9.03. The number of nitrogens with one attached hydrogen (secondary N) is 1. The molecule has 3 N–H and O–H groups in total. The second kappa shape index (κ2) is 18.8. The Labute approximate surface area is 349 Å². The largest absolute Gasteiger partial charge is 0.507 e. The van der Waals surface area contributed by atoms with E-state index in [4.69, 9.17) is 9.47 Å². The summed E-state index contributed by atoms with van der Waals surface area (Å²) in [6, 6.07) is 22.0. The number of phenols is 2. The number of hydrogen-bond donors (Lipinski definition) is 3. The van der Waals surface area contributed by atoms with Gasteiger partial charge in [-0.3, -0.25) is 19.2 Å². The molecule has 314 valence electrons. The fraction of sp³-hybridized carbons (Fsp3) is 0.396. The first kappa shape index (κ1) is 42.0. The van der Waals surface area contributed by atoms with E-state index in [1.54, 1.807) is 60.4 Å². The van der Waals surface area contributed by atoms with Crippen LogP contribution in [0.15, 0.2) is 89.7 Å². The molecule has 0 aliphatic carbocycles. The maximum Gasteiger partial charge on any atom is 0.342 e. The number of amides is 2. The minimum absolute atomic E-state index is 0.0171. The van der Waals surface area contributed by atoms with Gasteiger partial charge in [-0.25, -0.2) is 4.79 Å². The molecule has 12 heteroatoms. The monoisotopic (exact) mass is 815 g/mol. The maximum atomic E-state index is 14.6. The molecule has 2 amide bonds. The van der Waals surface area contributed by atoms with Crippen LogP contribution in [0.4, 0.5) is 0 Å². The van der Waals surface area contributed by atoms with Crippen molar-refractivity contribution in [1.82, 2.24) is 14.8 Å². The number of ketones is 1. The van der Waals surface area contributed by atoms with Crippen molar-refractivity contribution < 1.29 is 38.9 Å². The van der Waals surface area contributed by atoms with Crippen molar-refractivity contribution in [2.45, 2.75) is 95.2 Å². The number of aromatic hydroxyl groups is 2. The van der Waals surface area contributed by atoms with Crippen LogP contribution >= 0.6 is 0 Å². The number of Topliss-reactive ketones (excluding diaryl/α,β-unsaturated/α-hetero) is 1. The van der Waals surface area contributed by atoms with Crippen LogP contribution in [0.2, 0.25) is 0 Å². The van der Waals surface area contributed by atoms with Gasteiger partial charge in [0.2, 0.25) is 11.8 Å².